The number of aliphatic carboxylic acids is 1. The first-order valence-corrected chi connectivity index (χ1v) is 6.45. The topological polar surface area (TPSA) is 40.5 Å². The van der Waals surface area contributed by atoms with Gasteiger partial charge in [-0.05, 0) is 36.9 Å². The van der Waals surface area contributed by atoms with E-state index in [1.165, 1.54) is 11.1 Å². The normalized spacial score (nSPS) is 11.2. The molecule has 0 fully saturated rings. The molecule has 0 aliphatic heterocycles. The van der Waals surface area contributed by atoms with Gasteiger partial charge in [-0.3, -0.25) is 9.69 Å². The van der Waals surface area contributed by atoms with E-state index in [9.17, 15) is 4.79 Å². The van der Waals surface area contributed by atoms with E-state index in [-0.39, 0.29) is 6.54 Å². The molecule has 1 rings (SSSR count). The molecule has 1 aromatic carbocycles. The van der Waals surface area contributed by atoms with E-state index in [1.54, 1.807) is 0 Å². The number of likely N-dealkylation sites (N-methyl/N-ethyl adjacent to an activating group) is 1. The summed E-state index contributed by atoms with van der Waals surface area (Å²) in [5.74, 6) is -0.0951. The van der Waals surface area contributed by atoms with Crippen LogP contribution in [0.1, 0.15) is 25.0 Å². The van der Waals surface area contributed by atoms with Crippen molar-refractivity contribution in [3.05, 3.63) is 35.4 Å². The molecule has 0 aliphatic carbocycles. The van der Waals surface area contributed by atoms with E-state index in [2.05, 4.69) is 38.1 Å². The van der Waals surface area contributed by atoms with Crippen LogP contribution in [0.3, 0.4) is 0 Å². The van der Waals surface area contributed by atoms with Crippen molar-refractivity contribution in [2.75, 3.05) is 20.1 Å². The first kappa shape index (κ1) is 14.7. The van der Waals surface area contributed by atoms with Crippen LogP contribution in [0.15, 0.2) is 24.3 Å². The van der Waals surface area contributed by atoms with Gasteiger partial charge in [0.15, 0.2) is 0 Å². The second kappa shape index (κ2) is 7.17. The van der Waals surface area contributed by atoms with Crippen molar-refractivity contribution in [3.63, 3.8) is 0 Å². The number of hydrogen-bond donors (Lipinski definition) is 1. The fourth-order valence-electron chi connectivity index (χ4n) is 1.94. The van der Waals surface area contributed by atoms with Crippen molar-refractivity contribution in [1.29, 1.82) is 0 Å². The van der Waals surface area contributed by atoms with Crippen molar-refractivity contribution in [3.8, 4) is 0 Å². The van der Waals surface area contributed by atoms with Crippen LogP contribution in [-0.2, 0) is 17.6 Å². The molecule has 0 atom stereocenters. The first-order valence-electron chi connectivity index (χ1n) is 6.45. The number of hydrogen-bond acceptors (Lipinski definition) is 2. The van der Waals surface area contributed by atoms with Crippen LogP contribution in [0.25, 0.3) is 0 Å². The summed E-state index contributed by atoms with van der Waals surface area (Å²) in [7, 11) is 1.83. The second-order valence-electron chi connectivity index (χ2n) is 5.30. The molecule has 0 aliphatic rings. The van der Waals surface area contributed by atoms with Crippen molar-refractivity contribution < 1.29 is 9.90 Å². The predicted octanol–water partition coefficient (Wildman–Crippen LogP) is 2.44. The Morgan fingerprint density at radius 2 is 1.78 bits per heavy atom. The van der Waals surface area contributed by atoms with Gasteiger partial charge in [0, 0.05) is 6.54 Å². The van der Waals surface area contributed by atoms with Crippen LogP contribution in [0.2, 0.25) is 0 Å². The van der Waals surface area contributed by atoms with E-state index >= 15 is 0 Å². The summed E-state index contributed by atoms with van der Waals surface area (Å²) in [6.45, 7) is 5.31. The molecule has 0 spiro atoms. The van der Waals surface area contributed by atoms with Crippen LogP contribution in [0.5, 0.6) is 0 Å². The molecular formula is C15H23NO2. The van der Waals surface area contributed by atoms with E-state index < -0.39 is 5.97 Å². The number of carboxylic acid groups (broad SMARTS) is 1. The zero-order valence-corrected chi connectivity index (χ0v) is 11.5. The maximum absolute atomic E-state index is 10.5. The molecule has 1 aromatic rings. The predicted molar refractivity (Wildman–Crippen MR) is 73.8 cm³/mol. The Labute approximate surface area is 109 Å². The van der Waals surface area contributed by atoms with Crippen molar-refractivity contribution >= 4 is 5.97 Å². The van der Waals surface area contributed by atoms with Gasteiger partial charge in [0.05, 0.1) is 6.54 Å². The van der Waals surface area contributed by atoms with Gasteiger partial charge in [0.1, 0.15) is 0 Å². The lowest BCUT2D eigenvalue weighted by molar-refractivity contribution is -0.137. The fourth-order valence-corrected chi connectivity index (χ4v) is 1.94. The second-order valence-corrected chi connectivity index (χ2v) is 5.30. The highest BCUT2D eigenvalue weighted by Gasteiger charge is 2.04. The maximum Gasteiger partial charge on any atom is 0.317 e. The van der Waals surface area contributed by atoms with Crippen molar-refractivity contribution in [1.82, 2.24) is 4.90 Å². The Hall–Kier alpha value is -1.35. The van der Waals surface area contributed by atoms with Crippen LogP contribution in [-0.4, -0.2) is 36.1 Å². The molecule has 3 nitrogen and oxygen atoms in total. The smallest absolute Gasteiger partial charge is 0.317 e. The number of carboxylic acids is 1. The summed E-state index contributed by atoms with van der Waals surface area (Å²) in [6.07, 6.45) is 2.00. The van der Waals surface area contributed by atoms with Crippen molar-refractivity contribution in [2.24, 2.45) is 5.92 Å². The van der Waals surface area contributed by atoms with Gasteiger partial charge in [0.25, 0.3) is 0 Å². The maximum atomic E-state index is 10.5. The van der Waals surface area contributed by atoms with Gasteiger partial charge in [-0.1, -0.05) is 38.1 Å². The standard InChI is InChI=1S/C15H23NO2/c1-12(2)10-14-6-4-13(5-7-14)8-9-16(3)11-15(17)18/h4-7,12H,8-11H2,1-3H3,(H,17,18). The monoisotopic (exact) mass is 249 g/mol. The van der Waals surface area contributed by atoms with Gasteiger partial charge in [-0.15, -0.1) is 0 Å². The van der Waals surface area contributed by atoms with Crippen molar-refractivity contribution in [2.45, 2.75) is 26.7 Å². The fraction of sp³-hybridized carbons (Fsp3) is 0.533. The molecule has 0 unspecified atom stereocenters. The van der Waals surface area contributed by atoms with Crippen LogP contribution in [0.4, 0.5) is 0 Å². The van der Waals surface area contributed by atoms with E-state index in [0.717, 1.165) is 19.4 Å². The highest BCUT2D eigenvalue weighted by molar-refractivity contribution is 5.68. The number of nitrogens with zero attached hydrogens (tertiary/aromatic N) is 1. The lowest BCUT2D eigenvalue weighted by atomic mass is 10.0. The highest BCUT2D eigenvalue weighted by atomic mass is 16.4. The molecular weight excluding hydrogens is 226 g/mol. The molecule has 0 bridgehead atoms. The average molecular weight is 249 g/mol. The van der Waals surface area contributed by atoms with Crippen LogP contribution in [0, 0.1) is 5.92 Å². The Morgan fingerprint density at radius 3 is 2.28 bits per heavy atom. The van der Waals surface area contributed by atoms with E-state index in [4.69, 9.17) is 5.11 Å². The van der Waals surface area contributed by atoms with Gasteiger partial charge in [0.2, 0.25) is 0 Å². The lowest BCUT2D eigenvalue weighted by Gasteiger charge is -2.13. The average Bonchev–Trinajstić information content (AvgIpc) is 2.26. The molecule has 0 radical (unpaired) electrons. The summed E-state index contributed by atoms with van der Waals surface area (Å²) in [5, 5.41) is 8.66. The quantitative estimate of drug-likeness (QED) is 0.807. The van der Waals surface area contributed by atoms with E-state index in [1.807, 2.05) is 11.9 Å². The molecule has 100 valence electrons. The molecule has 0 heterocycles. The molecule has 18 heavy (non-hydrogen) atoms. The van der Waals surface area contributed by atoms with Gasteiger partial charge < -0.3 is 5.11 Å². The lowest BCUT2D eigenvalue weighted by Crippen LogP contribution is -2.27. The number of rotatable bonds is 7. The molecule has 0 saturated carbocycles. The minimum Gasteiger partial charge on any atom is -0.480 e. The SMILES string of the molecule is CC(C)Cc1ccc(CCN(C)CC(=O)O)cc1. The first-order chi connectivity index (χ1) is 8.47. The zero-order valence-electron chi connectivity index (χ0n) is 11.5. The van der Waals surface area contributed by atoms with Gasteiger partial charge in [-0.25, -0.2) is 0 Å². The third-order valence-electron chi connectivity index (χ3n) is 2.85. The minimum atomic E-state index is -0.773. The van der Waals surface area contributed by atoms with Crippen LogP contribution < -0.4 is 0 Å². The summed E-state index contributed by atoms with van der Waals surface area (Å²) < 4.78 is 0. The Balaban J connectivity index is 2.41. The number of benzene rings is 1. The van der Waals surface area contributed by atoms with Crippen LogP contribution >= 0.6 is 0 Å². The third-order valence-corrected chi connectivity index (χ3v) is 2.85. The van der Waals surface area contributed by atoms with Gasteiger partial charge in [-0.2, -0.15) is 0 Å². The molecule has 0 aromatic heterocycles. The summed E-state index contributed by atoms with van der Waals surface area (Å²) in [6, 6.07) is 8.64. The number of carbonyl (C=O) groups is 1. The largest absolute Gasteiger partial charge is 0.480 e. The molecule has 3 heteroatoms. The Morgan fingerprint density at radius 1 is 1.22 bits per heavy atom. The summed E-state index contributed by atoms with van der Waals surface area (Å²) in [4.78, 5) is 12.4. The molecule has 0 saturated heterocycles. The molecule has 0 amide bonds. The summed E-state index contributed by atoms with van der Waals surface area (Å²) >= 11 is 0. The zero-order chi connectivity index (χ0) is 13.5. The highest BCUT2D eigenvalue weighted by Crippen LogP contribution is 2.10. The van der Waals surface area contributed by atoms with Gasteiger partial charge >= 0.3 is 5.97 Å². The Kier molecular flexibility index (Phi) is 5.86. The minimum absolute atomic E-state index is 0.103. The third kappa shape index (κ3) is 5.82. The Bertz CT molecular complexity index is 371. The molecule has 1 N–H and O–H groups in total. The van der Waals surface area contributed by atoms with E-state index in [0.29, 0.717) is 5.92 Å². The summed E-state index contributed by atoms with van der Waals surface area (Å²) in [5.41, 5.74) is 2.63.